The monoisotopic (exact) mass is 395 g/mol. The van der Waals surface area contributed by atoms with E-state index in [4.69, 9.17) is 0 Å². The molecule has 4 rings (SSSR count). The SMILES string of the molecule is Cc1ccc(N=Nc2c(C(=O)c3c(C)cc(C)cc3C)n(C)c3ccccc23)cc1. The van der Waals surface area contributed by atoms with Crippen LogP contribution in [0.3, 0.4) is 0 Å². The number of ketones is 1. The molecule has 4 nitrogen and oxygen atoms in total. The second-order valence-corrected chi connectivity index (χ2v) is 7.91. The summed E-state index contributed by atoms with van der Waals surface area (Å²) in [6.07, 6.45) is 0. The number of hydrogen-bond acceptors (Lipinski definition) is 3. The van der Waals surface area contributed by atoms with Gasteiger partial charge in [-0.1, -0.05) is 53.6 Å². The number of rotatable bonds is 4. The van der Waals surface area contributed by atoms with E-state index < -0.39 is 0 Å². The molecule has 4 heteroatoms. The smallest absolute Gasteiger partial charge is 0.212 e. The average molecular weight is 396 g/mol. The molecule has 0 atom stereocenters. The van der Waals surface area contributed by atoms with E-state index in [9.17, 15) is 4.79 Å². The highest BCUT2D eigenvalue weighted by Gasteiger charge is 2.24. The molecule has 1 aromatic heterocycles. The maximum absolute atomic E-state index is 13.7. The quantitative estimate of drug-likeness (QED) is 0.269. The molecule has 1 heterocycles. The molecule has 0 radical (unpaired) electrons. The third-order valence-electron chi connectivity index (χ3n) is 5.50. The van der Waals surface area contributed by atoms with E-state index in [1.165, 1.54) is 5.56 Å². The molecular weight excluding hydrogens is 370 g/mol. The summed E-state index contributed by atoms with van der Waals surface area (Å²) >= 11 is 0. The van der Waals surface area contributed by atoms with E-state index in [0.717, 1.165) is 38.8 Å². The van der Waals surface area contributed by atoms with E-state index in [2.05, 4.69) is 22.4 Å². The molecule has 150 valence electrons. The Kier molecular flexibility index (Phi) is 5.08. The Bertz CT molecular complexity index is 1270. The molecular formula is C26H25N3O. The van der Waals surface area contributed by atoms with Gasteiger partial charge in [-0.15, -0.1) is 5.11 Å². The Morgan fingerprint density at radius 3 is 2.10 bits per heavy atom. The van der Waals surface area contributed by atoms with Gasteiger partial charge in [-0.3, -0.25) is 4.79 Å². The molecule has 0 fully saturated rings. The van der Waals surface area contributed by atoms with Crippen LogP contribution in [0.4, 0.5) is 11.4 Å². The first-order chi connectivity index (χ1) is 14.4. The number of carbonyl (C=O) groups excluding carboxylic acids is 1. The van der Waals surface area contributed by atoms with E-state index in [1.54, 1.807) is 0 Å². The van der Waals surface area contributed by atoms with E-state index in [0.29, 0.717) is 11.4 Å². The molecule has 30 heavy (non-hydrogen) atoms. The Hall–Kier alpha value is -3.53. The third-order valence-corrected chi connectivity index (χ3v) is 5.50. The fraction of sp³-hybridized carbons (Fsp3) is 0.192. The van der Waals surface area contributed by atoms with Gasteiger partial charge in [0.15, 0.2) is 0 Å². The molecule has 0 unspecified atom stereocenters. The number of aromatic nitrogens is 1. The predicted octanol–water partition coefficient (Wildman–Crippen LogP) is 7.06. The summed E-state index contributed by atoms with van der Waals surface area (Å²) < 4.78 is 1.93. The van der Waals surface area contributed by atoms with Gasteiger partial charge in [-0.05, 0) is 57.0 Å². The van der Waals surface area contributed by atoms with Gasteiger partial charge < -0.3 is 4.57 Å². The zero-order chi connectivity index (χ0) is 21.4. The van der Waals surface area contributed by atoms with Crippen LogP contribution in [-0.2, 0) is 7.05 Å². The summed E-state index contributed by atoms with van der Waals surface area (Å²) in [5.74, 6) is -0.0263. The molecule has 0 N–H and O–H groups in total. The van der Waals surface area contributed by atoms with E-state index in [1.807, 2.05) is 87.8 Å². The zero-order valence-electron chi connectivity index (χ0n) is 18.0. The second kappa shape index (κ2) is 7.71. The molecule has 3 aromatic carbocycles. The Morgan fingerprint density at radius 2 is 1.43 bits per heavy atom. The van der Waals surface area contributed by atoms with Crippen LogP contribution in [0.2, 0.25) is 0 Å². The van der Waals surface area contributed by atoms with Crippen molar-refractivity contribution in [3.05, 3.63) is 94.2 Å². The lowest BCUT2D eigenvalue weighted by molar-refractivity contribution is 0.103. The molecule has 4 aromatic rings. The van der Waals surface area contributed by atoms with Crippen molar-refractivity contribution >= 4 is 28.1 Å². The van der Waals surface area contributed by atoms with Crippen molar-refractivity contribution in [2.75, 3.05) is 0 Å². The zero-order valence-corrected chi connectivity index (χ0v) is 18.0. The van der Waals surface area contributed by atoms with Gasteiger partial charge in [-0.2, -0.15) is 5.11 Å². The number of benzene rings is 3. The minimum Gasteiger partial charge on any atom is -0.339 e. The largest absolute Gasteiger partial charge is 0.339 e. The lowest BCUT2D eigenvalue weighted by Gasteiger charge is -2.12. The fourth-order valence-electron chi connectivity index (χ4n) is 4.11. The van der Waals surface area contributed by atoms with E-state index in [-0.39, 0.29) is 5.78 Å². The fourth-order valence-corrected chi connectivity index (χ4v) is 4.11. The van der Waals surface area contributed by atoms with Crippen LogP contribution in [0, 0.1) is 27.7 Å². The lowest BCUT2D eigenvalue weighted by atomic mass is 9.94. The van der Waals surface area contributed by atoms with Crippen LogP contribution in [0.5, 0.6) is 0 Å². The first kappa shape index (κ1) is 19.8. The molecule has 0 saturated carbocycles. The summed E-state index contributed by atoms with van der Waals surface area (Å²) in [5.41, 5.74) is 7.89. The molecule has 0 spiro atoms. The standard InChI is InChI=1S/C26H25N3O/c1-16-10-12-20(13-11-16)27-28-24-21-8-6-7-9-22(21)29(5)25(24)26(30)23-18(3)14-17(2)15-19(23)4/h6-15H,1-5H3. The van der Waals surface area contributed by atoms with Crippen molar-refractivity contribution in [2.24, 2.45) is 17.3 Å². The molecule has 0 aliphatic carbocycles. The molecule has 0 bridgehead atoms. The second-order valence-electron chi connectivity index (χ2n) is 7.91. The van der Waals surface area contributed by atoms with Crippen LogP contribution in [0.15, 0.2) is 70.9 Å². The van der Waals surface area contributed by atoms with Gasteiger partial charge in [0, 0.05) is 18.0 Å². The molecule has 0 saturated heterocycles. The normalized spacial score (nSPS) is 11.5. The lowest BCUT2D eigenvalue weighted by Crippen LogP contribution is -2.11. The molecule has 0 aliphatic heterocycles. The number of hydrogen-bond donors (Lipinski definition) is 0. The molecule has 0 aliphatic rings. The summed E-state index contributed by atoms with van der Waals surface area (Å²) in [4.78, 5) is 13.7. The number of fused-ring (bicyclic) bond motifs is 1. The number of azo groups is 1. The van der Waals surface area contributed by atoms with Gasteiger partial charge >= 0.3 is 0 Å². The Balaban J connectivity index is 1.92. The van der Waals surface area contributed by atoms with Crippen LogP contribution in [0.1, 0.15) is 38.3 Å². The van der Waals surface area contributed by atoms with Crippen molar-refractivity contribution in [1.29, 1.82) is 0 Å². The van der Waals surface area contributed by atoms with Crippen molar-refractivity contribution in [3.63, 3.8) is 0 Å². The van der Waals surface area contributed by atoms with Crippen molar-refractivity contribution in [3.8, 4) is 0 Å². The highest BCUT2D eigenvalue weighted by molar-refractivity contribution is 6.17. The summed E-state index contributed by atoms with van der Waals surface area (Å²) in [7, 11) is 1.92. The van der Waals surface area contributed by atoms with Crippen molar-refractivity contribution < 1.29 is 4.79 Å². The average Bonchev–Trinajstić information content (AvgIpc) is 2.99. The van der Waals surface area contributed by atoms with Crippen LogP contribution < -0.4 is 0 Å². The van der Waals surface area contributed by atoms with Gasteiger partial charge in [-0.25, -0.2) is 0 Å². The van der Waals surface area contributed by atoms with E-state index >= 15 is 0 Å². The highest BCUT2D eigenvalue weighted by Crippen LogP contribution is 2.36. The molecule has 0 amide bonds. The maximum Gasteiger partial charge on any atom is 0.212 e. The first-order valence-electron chi connectivity index (χ1n) is 10.0. The van der Waals surface area contributed by atoms with Crippen LogP contribution in [-0.4, -0.2) is 10.4 Å². The van der Waals surface area contributed by atoms with Crippen molar-refractivity contribution in [2.45, 2.75) is 27.7 Å². The third kappa shape index (κ3) is 3.45. The Labute approximate surface area is 176 Å². The van der Waals surface area contributed by atoms with Crippen LogP contribution >= 0.6 is 0 Å². The number of carbonyl (C=O) groups is 1. The predicted molar refractivity (Wildman–Crippen MR) is 122 cm³/mol. The number of nitrogens with zero attached hydrogens (tertiary/aromatic N) is 3. The Morgan fingerprint density at radius 1 is 0.800 bits per heavy atom. The summed E-state index contributed by atoms with van der Waals surface area (Å²) in [5, 5.41) is 9.92. The van der Waals surface area contributed by atoms with Gasteiger partial charge in [0.25, 0.3) is 0 Å². The minimum absolute atomic E-state index is 0.0263. The highest BCUT2D eigenvalue weighted by atomic mass is 16.1. The minimum atomic E-state index is -0.0263. The number of para-hydroxylation sites is 1. The van der Waals surface area contributed by atoms with Crippen molar-refractivity contribution in [1.82, 2.24) is 4.57 Å². The summed E-state index contributed by atoms with van der Waals surface area (Å²) in [6, 6.07) is 19.9. The van der Waals surface area contributed by atoms with Crippen LogP contribution in [0.25, 0.3) is 10.9 Å². The van der Waals surface area contributed by atoms with Gasteiger partial charge in [0.05, 0.1) is 11.2 Å². The van der Waals surface area contributed by atoms with Gasteiger partial charge in [0.1, 0.15) is 11.4 Å². The maximum atomic E-state index is 13.7. The first-order valence-corrected chi connectivity index (χ1v) is 10.0. The van der Waals surface area contributed by atoms with Gasteiger partial charge in [0.2, 0.25) is 5.78 Å². The summed E-state index contributed by atoms with van der Waals surface area (Å²) in [6.45, 7) is 8.06. The topological polar surface area (TPSA) is 46.7 Å². The number of aryl methyl sites for hydroxylation is 5.